The minimum atomic E-state index is -4.85. The Kier molecular flexibility index (Phi) is 8.59. The molecule has 0 heterocycles. The van der Waals surface area contributed by atoms with Crippen molar-refractivity contribution in [1.29, 1.82) is 4.78 Å². The van der Waals surface area contributed by atoms with Gasteiger partial charge in [-0.05, 0) is 41.7 Å². The first kappa shape index (κ1) is 27.4. The Morgan fingerprint density at radius 2 is 1.41 bits per heavy atom. The van der Waals surface area contributed by atoms with Gasteiger partial charge in [0.2, 0.25) is 0 Å². The van der Waals surface area contributed by atoms with Crippen LogP contribution >= 0.6 is 0 Å². The predicted octanol–water partition coefficient (Wildman–Crippen LogP) is 5.14. The highest BCUT2D eigenvalue weighted by Gasteiger charge is 2.40. The number of ether oxygens (including phenoxy) is 1. The molecule has 188 valence electrons. The second kappa shape index (κ2) is 10.6. The van der Waals surface area contributed by atoms with Crippen molar-refractivity contribution in [3.8, 4) is 16.9 Å². The largest absolute Gasteiger partial charge is 0.573 e. The molecule has 0 saturated heterocycles. The van der Waals surface area contributed by atoms with Crippen LogP contribution in [0.5, 0.6) is 5.75 Å². The molecular weight excluding hydrogens is 490 g/mol. The first-order chi connectivity index (χ1) is 15.6. The Labute approximate surface area is 191 Å². The van der Waals surface area contributed by atoms with E-state index in [1.54, 1.807) is 0 Å². The van der Waals surface area contributed by atoms with Gasteiger partial charge in [0.05, 0.1) is 5.92 Å². The Morgan fingerprint density at radius 3 is 1.85 bits per heavy atom. The topological polar surface area (TPSA) is 113 Å². The lowest BCUT2D eigenvalue weighted by Crippen LogP contribution is -2.32. The molecule has 2 aromatic carbocycles. The van der Waals surface area contributed by atoms with Crippen LogP contribution in [0.15, 0.2) is 48.5 Å². The number of aliphatic carboxylic acids is 1. The molecule has 0 radical (unpaired) electrons. The number of carboxylic acid groups (broad SMARTS) is 1. The van der Waals surface area contributed by atoms with Gasteiger partial charge >= 0.3 is 18.5 Å². The zero-order chi connectivity index (χ0) is 25.7. The molecule has 2 rings (SSSR count). The van der Waals surface area contributed by atoms with Crippen LogP contribution in [0.3, 0.4) is 0 Å². The molecule has 0 bridgehead atoms. The molecule has 2 unspecified atom stereocenters. The molecule has 0 aromatic heterocycles. The number of nitrogens with one attached hydrogen (secondary N) is 1. The van der Waals surface area contributed by atoms with Gasteiger partial charge in [0.25, 0.3) is 0 Å². The summed E-state index contributed by atoms with van der Waals surface area (Å²) in [4.78, 5) is 10.7. The van der Waals surface area contributed by atoms with Crippen LogP contribution in [0.2, 0.25) is 0 Å². The van der Waals surface area contributed by atoms with Crippen LogP contribution in [0.4, 0.5) is 26.3 Å². The third kappa shape index (κ3) is 8.52. The van der Waals surface area contributed by atoms with Gasteiger partial charge < -0.3 is 15.6 Å². The summed E-state index contributed by atoms with van der Waals surface area (Å²) in [6, 6.07) is 8.62. The van der Waals surface area contributed by atoms with Crippen molar-refractivity contribution in [2.75, 3.05) is 11.5 Å². The van der Waals surface area contributed by atoms with Gasteiger partial charge in [-0.2, -0.15) is 13.2 Å². The Hall–Kier alpha value is -2.80. The quantitative estimate of drug-likeness (QED) is 0.382. The molecule has 0 fully saturated rings. The van der Waals surface area contributed by atoms with Gasteiger partial charge in [0.15, 0.2) is 0 Å². The number of alkyl halides is 6. The summed E-state index contributed by atoms with van der Waals surface area (Å²) < 4.78 is 102. The van der Waals surface area contributed by atoms with Crippen LogP contribution in [-0.4, -0.2) is 45.4 Å². The number of rotatable bonds is 10. The van der Waals surface area contributed by atoms with Crippen molar-refractivity contribution in [1.82, 2.24) is 0 Å². The maximum Gasteiger partial charge on any atom is 0.573 e. The van der Waals surface area contributed by atoms with Crippen LogP contribution in [0.1, 0.15) is 24.3 Å². The molecular formula is C21H22F6N2O4S. The Balaban J connectivity index is 2.12. The van der Waals surface area contributed by atoms with E-state index >= 15 is 0 Å². The predicted molar refractivity (Wildman–Crippen MR) is 113 cm³/mol. The van der Waals surface area contributed by atoms with E-state index in [9.17, 15) is 35.3 Å². The number of hydrogen-bond acceptors (Lipinski definition) is 5. The third-order valence-electron chi connectivity index (χ3n) is 4.94. The number of carbonyl (C=O) groups is 1. The fourth-order valence-electron chi connectivity index (χ4n) is 3.13. The van der Waals surface area contributed by atoms with E-state index in [1.165, 1.54) is 36.4 Å². The van der Waals surface area contributed by atoms with E-state index in [0.29, 0.717) is 11.1 Å². The van der Waals surface area contributed by atoms with Crippen LogP contribution < -0.4 is 10.5 Å². The smallest absolute Gasteiger partial charge is 0.480 e. The standard InChI is InChI=1S/C21H22F6N2O4S/c22-20(23,24)17(9-11-34(29,32)12-10-18(28)19(30)31)15-3-1-13(2-4-15)14-5-7-16(8-6-14)33-21(25,26)27/h1-8,17-18,29H,9-12,28H2,(H,30,31)/t17?,18-,34?/m0/s1. The fraction of sp³-hybridized carbons (Fsp3) is 0.381. The number of carboxylic acids is 1. The second-order valence-electron chi connectivity index (χ2n) is 7.53. The zero-order valence-corrected chi connectivity index (χ0v) is 18.3. The van der Waals surface area contributed by atoms with E-state index in [0.717, 1.165) is 12.1 Å². The first-order valence-electron chi connectivity index (χ1n) is 9.83. The summed E-state index contributed by atoms with van der Waals surface area (Å²) in [5.41, 5.74) is 6.06. The lowest BCUT2D eigenvalue weighted by atomic mass is 9.93. The normalized spacial score (nSPS) is 15.9. The number of benzene rings is 2. The van der Waals surface area contributed by atoms with Gasteiger partial charge in [0, 0.05) is 21.2 Å². The minimum absolute atomic E-state index is 0.134. The van der Waals surface area contributed by atoms with Gasteiger partial charge in [-0.3, -0.25) is 9.57 Å². The second-order valence-corrected chi connectivity index (χ2v) is 9.97. The summed E-state index contributed by atoms with van der Waals surface area (Å²) in [5.74, 6) is -4.83. The number of halogens is 6. The number of hydrogen-bond donors (Lipinski definition) is 3. The van der Waals surface area contributed by atoms with E-state index < -0.39 is 63.9 Å². The highest BCUT2D eigenvalue weighted by Crippen LogP contribution is 2.38. The van der Waals surface area contributed by atoms with Crippen molar-refractivity contribution in [3.63, 3.8) is 0 Å². The molecule has 3 atom stereocenters. The monoisotopic (exact) mass is 512 g/mol. The molecule has 4 N–H and O–H groups in total. The van der Waals surface area contributed by atoms with Crippen molar-refractivity contribution < 1.29 is 45.2 Å². The Morgan fingerprint density at radius 1 is 0.941 bits per heavy atom. The van der Waals surface area contributed by atoms with Gasteiger partial charge in [-0.25, -0.2) is 4.21 Å². The average molecular weight is 512 g/mol. The molecule has 0 aliphatic heterocycles. The molecule has 0 saturated carbocycles. The van der Waals surface area contributed by atoms with Gasteiger partial charge in [-0.15, -0.1) is 13.2 Å². The summed E-state index contributed by atoms with van der Waals surface area (Å²) in [5, 5.41) is 8.74. The van der Waals surface area contributed by atoms with Crippen LogP contribution in [-0.2, 0) is 14.5 Å². The average Bonchev–Trinajstić information content (AvgIpc) is 2.71. The minimum Gasteiger partial charge on any atom is -0.480 e. The van der Waals surface area contributed by atoms with Gasteiger partial charge in [-0.1, -0.05) is 36.4 Å². The summed E-state index contributed by atoms with van der Waals surface area (Å²) in [7, 11) is -3.48. The highest BCUT2D eigenvalue weighted by atomic mass is 32.2. The van der Waals surface area contributed by atoms with Crippen molar-refractivity contribution in [2.45, 2.75) is 37.3 Å². The molecule has 13 heteroatoms. The SMILES string of the molecule is N=S(=O)(CCC(c1ccc(-c2ccc(OC(F)(F)F)cc2)cc1)C(F)(F)F)CC[C@H](N)C(=O)O. The molecule has 34 heavy (non-hydrogen) atoms. The van der Waals surface area contributed by atoms with Crippen molar-refractivity contribution in [2.24, 2.45) is 5.73 Å². The van der Waals surface area contributed by atoms with E-state index in [-0.39, 0.29) is 12.0 Å². The molecule has 2 aromatic rings. The van der Waals surface area contributed by atoms with Crippen LogP contribution in [0, 0.1) is 4.78 Å². The summed E-state index contributed by atoms with van der Waals surface area (Å²) in [6.45, 7) is 0. The van der Waals surface area contributed by atoms with Gasteiger partial charge in [0.1, 0.15) is 11.8 Å². The maximum absolute atomic E-state index is 13.6. The van der Waals surface area contributed by atoms with Crippen molar-refractivity contribution in [3.05, 3.63) is 54.1 Å². The van der Waals surface area contributed by atoms with E-state index in [1.807, 2.05) is 0 Å². The first-order valence-corrected chi connectivity index (χ1v) is 11.7. The lowest BCUT2D eigenvalue weighted by Gasteiger charge is -2.22. The zero-order valence-electron chi connectivity index (χ0n) is 17.5. The lowest BCUT2D eigenvalue weighted by molar-refractivity contribution is -0.274. The molecule has 0 spiro atoms. The molecule has 0 aliphatic carbocycles. The Bertz CT molecular complexity index is 1070. The molecule has 6 nitrogen and oxygen atoms in total. The molecule has 0 amide bonds. The van der Waals surface area contributed by atoms with Crippen molar-refractivity contribution >= 4 is 15.7 Å². The molecule has 0 aliphatic rings. The van der Waals surface area contributed by atoms with E-state index in [4.69, 9.17) is 15.6 Å². The highest BCUT2D eigenvalue weighted by molar-refractivity contribution is 7.92. The summed E-state index contributed by atoms with van der Waals surface area (Å²) >= 11 is 0. The fourth-order valence-corrected chi connectivity index (χ4v) is 4.58. The third-order valence-corrected chi connectivity index (χ3v) is 6.73. The van der Waals surface area contributed by atoms with Crippen LogP contribution in [0.25, 0.3) is 11.1 Å². The number of nitrogens with two attached hydrogens (primary N) is 1. The summed E-state index contributed by atoms with van der Waals surface area (Å²) in [6.07, 6.45) is -10.5. The van der Waals surface area contributed by atoms with E-state index in [2.05, 4.69) is 4.74 Å². The maximum atomic E-state index is 13.6.